The molecule has 0 fully saturated rings. The fourth-order valence-corrected chi connectivity index (χ4v) is 7.66. The maximum absolute atomic E-state index is 10.7. The Morgan fingerprint density at radius 3 is 0.952 bits per heavy atom. The highest BCUT2D eigenvalue weighted by Gasteiger charge is 2.37. The van der Waals surface area contributed by atoms with Crippen molar-refractivity contribution in [3.05, 3.63) is 135 Å². The Morgan fingerprint density at radius 2 is 0.738 bits per heavy atom. The lowest BCUT2D eigenvalue weighted by molar-refractivity contribution is -0.597. The van der Waals surface area contributed by atoms with Crippen molar-refractivity contribution in [3.63, 3.8) is 0 Å². The highest BCUT2D eigenvalue weighted by atomic mass is 127. The van der Waals surface area contributed by atoms with Gasteiger partial charge in [0.2, 0.25) is 0 Å². The van der Waals surface area contributed by atoms with Gasteiger partial charge in [0.1, 0.15) is 0 Å². The first kappa shape index (κ1) is 36.2. The molecule has 0 radical (unpaired) electrons. The van der Waals surface area contributed by atoms with Crippen LogP contribution in [0.25, 0.3) is 0 Å². The Kier molecular flexibility index (Phi) is 13.5. The predicted octanol–water partition coefficient (Wildman–Crippen LogP) is 2.28. The van der Waals surface area contributed by atoms with E-state index in [0.29, 0.717) is 0 Å². The van der Waals surface area contributed by atoms with Crippen LogP contribution in [0.15, 0.2) is 109 Å². The van der Waals surface area contributed by atoms with Gasteiger partial charge in [0.15, 0.2) is 24.4 Å². The van der Waals surface area contributed by atoms with E-state index in [0.717, 1.165) is 0 Å². The third kappa shape index (κ3) is 13.1. The first-order valence-corrected chi connectivity index (χ1v) is 18.7. The van der Waals surface area contributed by atoms with Crippen LogP contribution < -0.4 is 42.4 Å². The number of rotatable bonds is 4. The zero-order valence-corrected chi connectivity index (χ0v) is 29.5. The van der Waals surface area contributed by atoms with E-state index in [2.05, 4.69) is 151 Å². The minimum Gasteiger partial charge on any atom is -0.741 e. The monoisotopic (exact) mass is 823 g/mol. The summed E-state index contributed by atoms with van der Waals surface area (Å²) in [6.07, 6.45) is 0. The van der Waals surface area contributed by atoms with Crippen molar-refractivity contribution in [3.8, 4) is 0 Å². The largest absolute Gasteiger partial charge is 0.741 e. The lowest BCUT2D eigenvalue weighted by Crippen LogP contribution is -3.61. The number of alkyl halides is 3. The topological polar surface area (TPSA) is 57.2 Å². The molecule has 4 aromatic carbocycles. The maximum Gasteiger partial charge on any atom is 0.485 e. The summed E-state index contributed by atoms with van der Waals surface area (Å²) in [5.41, 5.74) is -2.33. The molecule has 0 N–H and O–H groups in total. The summed E-state index contributed by atoms with van der Waals surface area (Å²) in [7, 11) is -6.09. The second kappa shape index (κ2) is 15.7. The van der Waals surface area contributed by atoms with E-state index in [9.17, 15) is 13.2 Å². The Morgan fingerprint density at radius 1 is 0.500 bits per heavy atom. The number of benzene rings is 4. The molecule has 0 aromatic heterocycles. The first-order chi connectivity index (χ1) is 19.4. The van der Waals surface area contributed by atoms with Crippen LogP contribution in [0.1, 0.15) is 52.7 Å². The number of hydrogen-bond donors (Lipinski definition) is 0. The SMILES string of the molecule is CC(C)(C)c1ccc([I+]c2ccc(C(C)(C)C)cc2)cc1.O=S(=O)([O-])C(F)(F)F.c1ccc([I+]c2ccccc2)cc1. The average molecular weight is 824 g/mol. The van der Waals surface area contributed by atoms with Crippen molar-refractivity contribution < 1.29 is 68.6 Å². The van der Waals surface area contributed by atoms with Gasteiger partial charge in [-0.25, -0.2) is 8.42 Å². The van der Waals surface area contributed by atoms with Gasteiger partial charge in [-0.1, -0.05) is 102 Å². The molecule has 0 unspecified atom stereocenters. The van der Waals surface area contributed by atoms with Gasteiger partial charge >= 0.3 is 47.9 Å². The van der Waals surface area contributed by atoms with Gasteiger partial charge < -0.3 is 4.55 Å². The quantitative estimate of drug-likeness (QED) is 0.181. The van der Waals surface area contributed by atoms with E-state index in [1.165, 1.54) is 25.4 Å². The van der Waals surface area contributed by atoms with Gasteiger partial charge in [-0.15, -0.1) is 0 Å². The second-order valence-corrected chi connectivity index (χ2v) is 18.6. The van der Waals surface area contributed by atoms with Gasteiger partial charge in [0, 0.05) is 0 Å². The molecule has 0 aliphatic rings. The van der Waals surface area contributed by atoms with E-state index < -0.39 is 15.6 Å². The number of halogens is 5. The predicted molar refractivity (Wildman–Crippen MR) is 154 cm³/mol. The van der Waals surface area contributed by atoms with E-state index in [1.54, 1.807) is 0 Å². The van der Waals surface area contributed by atoms with Gasteiger partial charge in [-0.2, -0.15) is 13.2 Å². The van der Waals surface area contributed by atoms with Gasteiger partial charge in [-0.05, 0) is 70.5 Å². The lowest BCUT2D eigenvalue weighted by Gasteiger charge is -2.18. The molecule has 226 valence electrons. The van der Waals surface area contributed by atoms with Crippen molar-refractivity contribution in [2.45, 2.75) is 57.9 Å². The Balaban J connectivity index is 0.000000249. The highest BCUT2D eigenvalue weighted by Crippen LogP contribution is 2.22. The minimum absolute atomic E-state index is 0.0287. The van der Waals surface area contributed by atoms with Crippen LogP contribution in [-0.2, 0) is 20.9 Å². The minimum atomic E-state index is -6.09. The zero-order valence-electron chi connectivity index (χ0n) is 24.4. The molecule has 0 amide bonds. The summed E-state index contributed by atoms with van der Waals surface area (Å²) in [5.74, 6) is 0. The molecule has 3 nitrogen and oxygen atoms in total. The smallest absolute Gasteiger partial charge is 0.485 e. The summed E-state index contributed by atoms with van der Waals surface area (Å²) < 4.78 is 64.8. The summed E-state index contributed by atoms with van der Waals surface area (Å²) >= 11 is -0.0416. The molecular weight excluding hydrogens is 787 g/mol. The van der Waals surface area contributed by atoms with Crippen molar-refractivity contribution in [1.82, 2.24) is 0 Å². The average Bonchev–Trinajstić information content (AvgIpc) is 2.89. The molecule has 0 heterocycles. The third-order valence-corrected chi connectivity index (χ3v) is 11.5. The molecule has 0 atom stereocenters. The third-order valence-electron chi connectivity index (χ3n) is 5.61. The van der Waals surface area contributed by atoms with Crippen LogP contribution in [0, 0.1) is 14.3 Å². The van der Waals surface area contributed by atoms with E-state index >= 15 is 0 Å². The number of hydrogen-bond acceptors (Lipinski definition) is 3. The molecule has 42 heavy (non-hydrogen) atoms. The normalized spacial score (nSPS) is 12.0. The van der Waals surface area contributed by atoms with Crippen LogP contribution in [0.2, 0.25) is 0 Å². The molecule has 4 rings (SSSR count). The molecule has 0 spiro atoms. The van der Waals surface area contributed by atoms with Crippen molar-refractivity contribution in [2.24, 2.45) is 0 Å². The molecule has 0 aliphatic carbocycles. The van der Waals surface area contributed by atoms with Crippen LogP contribution in [-0.4, -0.2) is 18.5 Å². The van der Waals surface area contributed by atoms with Gasteiger partial charge in [0.05, 0.1) is 0 Å². The molecule has 0 aliphatic heterocycles. The van der Waals surface area contributed by atoms with Crippen molar-refractivity contribution in [2.75, 3.05) is 0 Å². The maximum atomic E-state index is 10.7. The van der Waals surface area contributed by atoms with Crippen molar-refractivity contribution in [1.29, 1.82) is 0 Å². The zero-order chi connectivity index (χ0) is 31.6. The molecule has 0 saturated carbocycles. The van der Waals surface area contributed by atoms with Gasteiger partial charge in [-0.3, -0.25) is 0 Å². The Bertz CT molecular complexity index is 1370. The van der Waals surface area contributed by atoms with Crippen LogP contribution in [0.4, 0.5) is 13.2 Å². The summed E-state index contributed by atoms with van der Waals surface area (Å²) in [6, 6.07) is 39.8. The second-order valence-electron chi connectivity index (χ2n) is 11.2. The van der Waals surface area contributed by atoms with Crippen LogP contribution in [0.5, 0.6) is 0 Å². The van der Waals surface area contributed by atoms with E-state index in [-0.39, 0.29) is 53.2 Å². The molecule has 9 heteroatoms. The molecular formula is C33H36F3I2O3S+. The summed E-state index contributed by atoms with van der Waals surface area (Å²) in [4.78, 5) is 0. The summed E-state index contributed by atoms with van der Waals surface area (Å²) in [5, 5.41) is 0. The first-order valence-electron chi connectivity index (χ1n) is 13.0. The fourth-order valence-electron chi connectivity index (χ4n) is 3.23. The fraction of sp³-hybridized carbons (Fsp3) is 0.273. The standard InChI is InChI=1S/C20H26I.C12H10I.CHF3O3S/c1-19(2,3)15-7-11-17(12-8-15)21-18-13-9-16(10-14-18)20(4,5)6;1-3-7-11(8-4-1)13-12-9-5-2-6-10-12;2-1(3,4)8(5,6)7/h7-14H,1-6H3;1-10H;(H,5,6,7)/q2*+1;/p-1. The highest BCUT2D eigenvalue weighted by molar-refractivity contribution is 7.86. The van der Waals surface area contributed by atoms with Gasteiger partial charge in [0.25, 0.3) is 0 Å². The van der Waals surface area contributed by atoms with Crippen LogP contribution in [0.3, 0.4) is 0 Å². The molecule has 4 aromatic rings. The Hall–Kier alpha value is -1.96. The van der Waals surface area contributed by atoms with E-state index in [4.69, 9.17) is 13.0 Å². The van der Waals surface area contributed by atoms with Crippen LogP contribution >= 0.6 is 0 Å². The van der Waals surface area contributed by atoms with E-state index in [1.807, 2.05) is 0 Å². The molecule has 0 saturated heterocycles. The molecule has 0 bridgehead atoms. The Labute approximate surface area is 269 Å². The van der Waals surface area contributed by atoms with Crippen molar-refractivity contribution >= 4 is 10.1 Å². The summed E-state index contributed by atoms with van der Waals surface area (Å²) in [6.45, 7) is 13.6. The lowest BCUT2D eigenvalue weighted by atomic mass is 9.87.